The minimum absolute atomic E-state index is 0.0574. The summed E-state index contributed by atoms with van der Waals surface area (Å²) in [5, 5.41) is 0.166. The molecule has 1 aliphatic rings. The average molecular weight is 339 g/mol. The van der Waals surface area contributed by atoms with Crippen LogP contribution in [0.5, 0.6) is 0 Å². The number of benzene rings is 2. The molecule has 5 heteroatoms. The molecule has 0 saturated heterocycles. The lowest BCUT2D eigenvalue weighted by Gasteiger charge is -2.13. The average Bonchev–Trinajstić information content (AvgIpc) is 3.42. The molecule has 0 spiro atoms. The molecule has 0 radical (unpaired) electrons. The highest BCUT2D eigenvalue weighted by atomic mass is 19.2. The molecule has 4 rings (SSSR count). The van der Waals surface area contributed by atoms with E-state index in [1.165, 1.54) is 6.92 Å². The molecule has 3 aromatic rings. The van der Waals surface area contributed by atoms with Crippen LogP contribution >= 0.6 is 0 Å². The lowest BCUT2D eigenvalue weighted by atomic mass is 10.0. The first-order valence-electron chi connectivity index (χ1n) is 8.11. The van der Waals surface area contributed by atoms with Gasteiger partial charge < -0.3 is 4.57 Å². The standard InChI is InChI=1S/C20H15F2NO2/c1-11(24)12-2-4-13(5-3-12)16-10-23(14-6-7-14)19-9-18(22)17(21)8-15(19)20(16)25/h2-5,8-10,14H,6-7H2,1H3. The van der Waals surface area contributed by atoms with Crippen LogP contribution in [0.15, 0.2) is 47.4 Å². The molecule has 0 unspecified atom stereocenters. The van der Waals surface area contributed by atoms with E-state index in [-0.39, 0.29) is 22.6 Å². The molecule has 1 aliphatic carbocycles. The maximum Gasteiger partial charge on any atom is 0.197 e. The summed E-state index contributed by atoms with van der Waals surface area (Å²) in [5.74, 6) is -2.05. The number of nitrogens with zero attached hydrogens (tertiary/aromatic N) is 1. The number of hydrogen-bond acceptors (Lipinski definition) is 2. The first-order chi connectivity index (χ1) is 12.0. The van der Waals surface area contributed by atoms with Crippen molar-refractivity contribution in [2.45, 2.75) is 25.8 Å². The third-order valence-electron chi connectivity index (χ3n) is 4.62. The van der Waals surface area contributed by atoms with Crippen LogP contribution < -0.4 is 5.43 Å². The Morgan fingerprint density at radius 1 is 1.08 bits per heavy atom. The molecule has 3 nitrogen and oxygen atoms in total. The zero-order valence-electron chi connectivity index (χ0n) is 13.6. The van der Waals surface area contributed by atoms with Gasteiger partial charge in [-0.2, -0.15) is 0 Å². The second kappa shape index (κ2) is 5.62. The number of hydrogen-bond donors (Lipinski definition) is 0. The zero-order chi connectivity index (χ0) is 17.7. The van der Waals surface area contributed by atoms with E-state index in [2.05, 4.69) is 0 Å². The third-order valence-corrected chi connectivity index (χ3v) is 4.62. The Hall–Kier alpha value is -2.82. The summed E-state index contributed by atoms with van der Waals surface area (Å²) < 4.78 is 29.2. The molecule has 0 atom stereocenters. The van der Waals surface area contributed by atoms with Crippen molar-refractivity contribution in [2.75, 3.05) is 0 Å². The van der Waals surface area contributed by atoms with Gasteiger partial charge in [0.1, 0.15) is 0 Å². The topological polar surface area (TPSA) is 39.1 Å². The SMILES string of the molecule is CC(=O)c1ccc(-c2cn(C3CC3)c3cc(F)c(F)cc3c2=O)cc1. The Labute approximate surface area is 142 Å². The van der Waals surface area contributed by atoms with E-state index in [1.807, 2.05) is 4.57 Å². The van der Waals surface area contributed by atoms with Crippen LogP contribution in [0.2, 0.25) is 0 Å². The van der Waals surface area contributed by atoms with E-state index in [0.29, 0.717) is 22.2 Å². The van der Waals surface area contributed by atoms with Crippen LogP contribution in [0.1, 0.15) is 36.2 Å². The molecule has 1 heterocycles. The summed E-state index contributed by atoms with van der Waals surface area (Å²) in [4.78, 5) is 24.3. The summed E-state index contributed by atoms with van der Waals surface area (Å²) in [5.41, 5.74) is 1.69. The summed E-state index contributed by atoms with van der Waals surface area (Å²) in [7, 11) is 0. The second-order valence-corrected chi connectivity index (χ2v) is 6.43. The lowest BCUT2D eigenvalue weighted by Crippen LogP contribution is -2.12. The fourth-order valence-corrected chi connectivity index (χ4v) is 3.09. The van der Waals surface area contributed by atoms with Crippen LogP contribution in [0.3, 0.4) is 0 Å². The summed E-state index contributed by atoms with van der Waals surface area (Å²) in [6, 6.07) is 8.99. The van der Waals surface area contributed by atoms with Crippen LogP contribution in [-0.2, 0) is 0 Å². The summed E-state index contributed by atoms with van der Waals surface area (Å²) >= 11 is 0. The van der Waals surface area contributed by atoms with E-state index in [0.717, 1.165) is 25.0 Å². The summed E-state index contributed by atoms with van der Waals surface area (Å²) in [6.07, 6.45) is 3.60. The van der Waals surface area contributed by atoms with Crippen LogP contribution in [-0.4, -0.2) is 10.4 Å². The molecule has 0 amide bonds. The van der Waals surface area contributed by atoms with Crippen molar-refractivity contribution in [3.05, 3.63) is 70.0 Å². The van der Waals surface area contributed by atoms with Gasteiger partial charge in [0.25, 0.3) is 0 Å². The second-order valence-electron chi connectivity index (χ2n) is 6.43. The molecular weight excluding hydrogens is 324 g/mol. The summed E-state index contributed by atoms with van der Waals surface area (Å²) in [6.45, 7) is 1.47. The first-order valence-corrected chi connectivity index (χ1v) is 8.11. The number of halogens is 2. The number of rotatable bonds is 3. The molecule has 1 aromatic heterocycles. The Morgan fingerprint density at radius 3 is 2.32 bits per heavy atom. The molecule has 2 aromatic carbocycles. The Bertz CT molecular complexity index is 1060. The van der Waals surface area contributed by atoms with Crippen molar-refractivity contribution >= 4 is 16.7 Å². The maximum absolute atomic E-state index is 13.7. The van der Waals surface area contributed by atoms with Gasteiger partial charge in [0.05, 0.1) is 5.52 Å². The van der Waals surface area contributed by atoms with Gasteiger partial charge in [-0.05, 0) is 31.4 Å². The molecule has 126 valence electrons. The Kier molecular flexibility index (Phi) is 3.53. The van der Waals surface area contributed by atoms with Gasteiger partial charge in [0.15, 0.2) is 22.8 Å². The number of carbonyl (C=O) groups is 1. The van der Waals surface area contributed by atoms with Gasteiger partial charge in [-0.25, -0.2) is 8.78 Å². The minimum atomic E-state index is -1.03. The molecule has 0 aliphatic heterocycles. The van der Waals surface area contributed by atoms with Crippen molar-refractivity contribution in [1.29, 1.82) is 0 Å². The highest BCUT2D eigenvalue weighted by Gasteiger charge is 2.26. The van der Waals surface area contributed by atoms with Crippen molar-refractivity contribution in [3.63, 3.8) is 0 Å². The zero-order valence-corrected chi connectivity index (χ0v) is 13.6. The first kappa shape index (κ1) is 15.7. The van der Waals surface area contributed by atoms with Gasteiger partial charge in [0, 0.05) is 34.8 Å². The van der Waals surface area contributed by atoms with Crippen molar-refractivity contribution < 1.29 is 13.6 Å². The number of fused-ring (bicyclic) bond motifs is 1. The normalized spacial score (nSPS) is 14.0. The van der Waals surface area contributed by atoms with E-state index in [1.54, 1.807) is 30.5 Å². The van der Waals surface area contributed by atoms with E-state index in [9.17, 15) is 18.4 Å². The van der Waals surface area contributed by atoms with Gasteiger partial charge in [-0.3, -0.25) is 9.59 Å². The number of aromatic nitrogens is 1. The van der Waals surface area contributed by atoms with Crippen molar-refractivity contribution in [3.8, 4) is 11.1 Å². The number of carbonyl (C=O) groups excluding carboxylic acids is 1. The van der Waals surface area contributed by atoms with Crippen LogP contribution in [0.25, 0.3) is 22.0 Å². The quantitative estimate of drug-likeness (QED) is 0.660. The van der Waals surface area contributed by atoms with Crippen LogP contribution in [0.4, 0.5) is 8.78 Å². The largest absolute Gasteiger partial charge is 0.343 e. The highest BCUT2D eigenvalue weighted by Crippen LogP contribution is 2.38. The predicted molar refractivity (Wildman–Crippen MR) is 91.8 cm³/mol. The molecule has 1 fully saturated rings. The maximum atomic E-state index is 13.7. The van der Waals surface area contributed by atoms with Gasteiger partial charge in [0.2, 0.25) is 0 Å². The Morgan fingerprint density at radius 2 is 1.72 bits per heavy atom. The number of ketones is 1. The van der Waals surface area contributed by atoms with Crippen molar-refractivity contribution in [1.82, 2.24) is 4.57 Å². The molecule has 0 bridgehead atoms. The highest BCUT2D eigenvalue weighted by molar-refractivity contribution is 5.94. The molecule has 25 heavy (non-hydrogen) atoms. The van der Waals surface area contributed by atoms with Gasteiger partial charge in [-0.1, -0.05) is 24.3 Å². The Balaban J connectivity index is 1.98. The van der Waals surface area contributed by atoms with Crippen LogP contribution in [0, 0.1) is 11.6 Å². The molecule has 0 N–H and O–H groups in total. The lowest BCUT2D eigenvalue weighted by molar-refractivity contribution is 0.101. The fraction of sp³-hybridized carbons (Fsp3) is 0.200. The predicted octanol–water partition coefficient (Wildman–Crippen LogP) is 4.48. The minimum Gasteiger partial charge on any atom is -0.343 e. The van der Waals surface area contributed by atoms with E-state index < -0.39 is 11.6 Å². The van der Waals surface area contributed by atoms with E-state index >= 15 is 0 Å². The smallest absolute Gasteiger partial charge is 0.197 e. The fourth-order valence-electron chi connectivity index (χ4n) is 3.09. The number of pyridine rings is 1. The van der Waals surface area contributed by atoms with Gasteiger partial charge >= 0.3 is 0 Å². The number of Topliss-reactive ketones (excluding diaryl/α,β-unsaturated/α-hetero) is 1. The van der Waals surface area contributed by atoms with Gasteiger partial charge in [-0.15, -0.1) is 0 Å². The van der Waals surface area contributed by atoms with E-state index in [4.69, 9.17) is 0 Å². The van der Waals surface area contributed by atoms with Crippen molar-refractivity contribution in [2.24, 2.45) is 0 Å². The third kappa shape index (κ3) is 2.65. The molecule has 1 saturated carbocycles. The monoisotopic (exact) mass is 339 g/mol. The molecular formula is C20H15F2NO2.